The maximum Gasteiger partial charge on any atom is 0.150 e. The van der Waals surface area contributed by atoms with Crippen LogP contribution in [0.5, 0.6) is 0 Å². The van der Waals surface area contributed by atoms with E-state index in [-0.39, 0.29) is 0 Å². The molecule has 2 heteroatoms. The van der Waals surface area contributed by atoms with Crippen LogP contribution < -0.4 is 5.32 Å². The van der Waals surface area contributed by atoms with Gasteiger partial charge in [0.2, 0.25) is 0 Å². The van der Waals surface area contributed by atoms with Crippen LogP contribution in [0, 0.1) is 0 Å². The molecule has 0 amide bonds. The molecule has 1 N–H and O–H groups in total. The first-order valence-electron chi connectivity index (χ1n) is 7.19. The van der Waals surface area contributed by atoms with Gasteiger partial charge in [0, 0.05) is 18.2 Å². The van der Waals surface area contributed by atoms with Crippen molar-refractivity contribution in [3.63, 3.8) is 0 Å². The van der Waals surface area contributed by atoms with E-state index < -0.39 is 0 Å². The third kappa shape index (κ3) is 2.97. The molecule has 2 aromatic carbocycles. The van der Waals surface area contributed by atoms with Gasteiger partial charge in [-0.15, -0.1) is 0 Å². The molecule has 2 aromatic rings. The number of aryl methyl sites for hydroxylation is 1. The van der Waals surface area contributed by atoms with Crippen LogP contribution >= 0.6 is 0 Å². The summed E-state index contributed by atoms with van der Waals surface area (Å²) in [6, 6.07) is 17.1. The largest absolute Gasteiger partial charge is 0.310 e. The van der Waals surface area contributed by atoms with Crippen molar-refractivity contribution in [2.45, 2.75) is 31.8 Å². The predicted octanol–water partition coefficient (Wildman–Crippen LogP) is 3.15. The van der Waals surface area contributed by atoms with Gasteiger partial charge in [-0.2, -0.15) is 0 Å². The van der Waals surface area contributed by atoms with Crippen molar-refractivity contribution in [3.05, 3.63) is 70.8 Å². The van der Waals surface area contributed by atoms with Gasteiger partial charge < -0.3 is 5.32 Å². The lowest BCUT2D eigenvalue weighted by atomic mass is 9.87. The lowest BCUT2D eigenvalue weighted by Crippen LogP contribution is -2.34. The molecule has 0 unspecified atom stereocenters. The molecule has 2 nitrogen and oxygen atoms in total. The highest BCUT2D eigenvalue weighted by atomic mass is 16.1. The van der Waals surface area contributed by atoms with Crippen molar-refractivity contribution in [2.24, 2.45) is 0 Å². The number of nitrogens with one attached hydrogen (secondary N) is 1. The van der Waals surface area contributed by atoms with Gasteiger partial charge in [-0.25, -0.2) is 0 Å². The zero-order valence-electron chi connectivity index (χ0n) is 11.5. The van der Waals surface area contributed by atoms with Crippen molar-refractivity contribution in [1.29, 1.82) is 0 Å². The van der Waals surface area contributed by atoms with E-state index >= 15 is 0 Å². The maximum absolute atomic E-state index is 10.9. The number of fused-ring (bicyclic) bond motifs is 1. The molecule has 1 aliphatic carbocycles. The Morgan fingerprint density at radius 2 is 1.95 bits per heavy atom. The molecule has 102 valence electrons. The van der Waals surface area contributed by atoms with Gasteiger partial charge >= 0.3 is 0 Å². The fraction of sp³-hybridized carbons (Fsp3) is 0.278. The van der Waals surface area contributed by atoms with Crippen LogP contribution in [0.1, 0.15) is 33.5 Å². The SMILES string of the molecule is O=Cc1ccc2c(c1)C[C@@H](NCc1ccccc1)CC2. The number of rotatable bonds is 4. The van der Waals surface area contributed by atoms with E-state index in [1.807, 2.05) is 18.2 Å². The molecule has 0 spiro atoms. The highest BCUT2D eigenvalue weighted by molar-refractivity contribution is 5.75. The van der Waals surface area contributed by atoms with Gasteiger partial charge in [0.25, 0.3) is 0 Å². The van der Waals surface area contributed by atoms with Gasteiger partial charge in [-0.3, -0.25) is 4.79 Å². The zero-order valence-corrected chi connectivity index (χ0v) is 11.5. The van der Waals surface area contributed by atoms with E-state index in [0.29, 0.717) is 6.04 Å². The average molecular weight is 265 g/mol. The van der Waals surface area contributed by atoms with Crippen molar-refractivity contribution >= 4 is 6.29 Å². The molecule has 0 fully saturated rings. The summed E-state index contributed by atoms with van der Waals surface area (Å²) in [7, 11) is 0. The third-order valence-corrected chi connectivity index (χ3v) is 4.03. The maximum atomic E-state index is 10.9. The Hall–Kier alpha value is -1.93. The van der Waals surface area contributed by atoms with Crippen LogP contribution in [0.2, 0.25) is 0 Å². The third-order valence-electron chi connectivity index (χ3n) is 4.03. The topological polar surface area (TPSA) is 29.1 Å². The van der Waals surface area contributed by atoms with Crippen molar-refractivity contribution < 1.29 is 4.79 Å². The number of benzene rings is 2. The fourth-order valence-electron chi connectivity index (χ4n) is 2.88. The molecule has 20 heavy (non-hydrogen) atoms. The second kappa shape index (κ2) is 6.02. The lowest BCUT2D eigenvalue weighted by Gasteiger charge is -2.26. The van der Waals surface area contributed by atoms with Crippen LogP contribution in [0.3, 0.4) is 0 Å². The van der Waals surface area contributed by atoms with Crippen molar-refractivity contribution in [3.8, 4) is 0 Å². The van der Waals surface area contributed by atoms with Gasteiger partial charge in [0.05, 0.1) is 0 Å². The Kier molecular flexibility index (Phi) is 3.93. The minimum atomic E-state index is 0.504. The molecule has 0 aliphatic heterocycles. The van der Waals surface area contributed by atoms with E-state index in [0.717, 1.165) is 31.2 Å². The number of carbonyl (C=O) groups excluding carboxylic acids is 1. The minimum Gasteiger partial charge on any atom is -0.310 e. The first kappa shape index (κ1) is 13.1. The molecule has 0 bridgehead atoms. The van der Waals surface area contributed by atoms with Crippen molar-refractivity contribution in [2.75, 3.05) is 0 Å². The normalized spacial score (nSPS) is 17.5. The molecule has 3 rings (SSSR count). The van der Waals surface area contributed by atoms with Crippen LogP contribution in [-0.2, 0) is 19.4 Å². The highest BCUT2D eigenvalue weighted by Crippen LogP contribution is 2.22. The lowest BCUT2D eigenvalue weighted by molar-refractivity contribution is 0.112. The molecule has 0 aromatic heterocycles. The molecule has 0 saturated heterocycles. The second-order valence-electron chi connectivity index (χ2n) is 5.45. The van der Waals surface area contributed by atoms with Gasteiger partial charge in [0.15, 0.2) is 0 Å². The van der Waals surface area contributed by atoms with E-state index in [4.69, 9.17) is 0 Å². The van der Waals surface area contributed by atoms with Crippen LogP contribution in [0.4, 0.5) is 0 Å². The van der Waals surface area contributed by atoms with Gasteiger partial charge in [0.1, 0.15) is 6.29 Å². The molecule has 1 aliphatic rings. The van der Waals surface area contributed by atoms with Gasteiger partial charge in [-0.1, -0.05) is 42.5 Å². The molecule has 0 radical (unpaired) electrons. The molecule has 0 heterocycles. The summed E-state index contributed by atoms with van der Waals surface area (Å²) in [5.41, 5.74) is 4.83. The Balaban J connectivity index is 1.64. The predicted molar refractivity (Wildman–Crippen MR) is 80.9 cm³/mol. The van der Waals surface area contributed by atoms with Crippen molar-refractivity contribution in [1.82, 2.24) is 5.32 Å². The monoisotopic (exact) mass is 265 g/mol. The summed E-state index contributed by atoms with van der Waals surface area (Å²) in [4.78, 5) is 10.9. The van der Waals surface area contributed by atoms with E-state index in [2.05, 4.69) is 35.6 Å². The van der Waals surface area contributed by atoms with Crippen LogP contribution in [0.15, 0.2) is 48.5 Å². The second-order valence-corrected chi connectivity index (χ2v) is 5.45. The molecular weight excluding hydrogens is 246 g/mol. The number of hydrogen-bond donors (Lipinski definition) is 1. The summed E-state index contributed by atoms with van der Waals surface area (Å²) in [5, 5.41) is 3.63. The van der Waals surface area contributed by atoms with Crippen LogP contribution in [-0.4, -0.2) is 12.3 Å². The smallest absolute Gasteiger partial charge is 0.150 e. The Morgan fingerprint density at radius 1 is 1.10 bits per heavy atom. The summed E-state index contributed by atoms with van der Waals surface area (Å²) in [6.45, 7) is 0.911. The van der Waals surface area contributed by atoms with Gasteiger partial charge in [-0.05, 0) is 42.0 Å². The molecule has 0 saturated carbocycles. The summed E-state index contributed by atoms with van der Waals surface area (Å²) in [6.07, 6.45) is 4.21. The highest BCUT2D eigenvalue weighted by Gasteiger charge is 2.18. The first-order valence-corrected chi connectivity index (χ1v) is 7.19. The van der Waals surface area contributed by atoms with E-state index in [1.54, 1.807) is 0 Å². The average Bonchev–Trinajstić information content (AvgIpc) is 2.53. The van der Waals surface area contributed by atoms with Crippen LogP contribution in [0.25, 0.3) is 0 Å². The van der Waals surface area contributed by atoms with E-state index in [1.165, 1.54) is 23.1 Å². The Morgan fingerprint density at radius 3 is 2.75 bits per heavy atom. The minimum absolute atomic E-state index is 0.504. The number of aldehydes is 1. The summed E-state index contributed by atoms with van der Waals surface area (Å²) in [5.74, 6) is 0. The quantitative estimate of drug-likeness (QED) is 0.860. The standard InChI is InChI=1S/C18H19NO/c20-13-15-6-7-16-8-9-18(11-17(16)10-15)19-12-14-4-2-1-3-5-14/h1-7,10,13,18-19H,8-9,11-12H2/t18-/m0/s1. The molecular formula is C18H19NO. The summed E-state index contributed by atoms with van der Waals surface area (Å²) >= 11 is 0. The first-order chi connectivity index (χ1) is 9.85. The number of hydrogen-bond acceptors (Lipinski definition) is 2. The zero-order chi connectivity index (χ0) is 13.8. The summed E-state index contributed by atoms with van der Waals surface area (Å²) < 4.78 is 0. The Bertz CT molecular complexity index is 592. The Labute approximate surface area is 119 Å². The number of carbonyl (C=O) groups is 1. The molecule has 1 atom stereocenters. The van der Waals surface area contributed by atoms with E-state index in [9.17, 15) is 4.79 Å². The fourth-order valence-corrected chi connectivity index (χ4v) is 2.88.